The zero-order valence-electron chi connectivity index (χ0n) is 38.0. The molecule has 0 saturated carbocycles. The molecule has 31 atom stereocenters. The highest BCUT2D eigenvalue weighted by molar-refractivity contribution is 5.73. The molecule has 6 heterocycles. The molecule has 0 spiro atoms. The molecule has 72 heavy (non-hydrogen) atoms. The Morgan fingerprint density at radius 1 is 0.431 bits per heavy atom. The maximum atomic E-state index is 12.2. The van der Waals surface area contributed by atoms with Crippen LogP contribution in [0.4, 0.5) is 0 Å². The number of aliphatic hydroxyl groups is 20. The summed E-state index contributed by atoms with van der Waals surface area (Å²) in [5.74, 6) is -0.801. The first-order valence-corrected chi connectivity index (χ1v) is 22.7. The van der Waals surface area contributed by atoms with Crippen LogP contribution in [0, 0.1) is 0 Å². The van der Waals surface area contributed by atoms with Gasteiger partial charge in [0.2, 0.25) is 5.91 Å². The van der Waals surface area contributed by atoms with Gasteiger partial charge in [0.05, 0.1) is 39.6 Å². The number of nitrogens with one attached hydrogen (secondary N) is 1. The van der Waals surface area contributed by atoms with Gasteiger partial charge in [-0.25, -0.2) is 0 Å². The van der Waals surface area contributed by atoms with Crippen LogP contribution in [0.2, 0.25) is 0 Å². The van der Waals surface area contributed by atoms with Crippen molar-refractivity contribution in [3.63, 3.8) is 0 Å². The van der Waals surface area contributed by atoms with Gasteiger partial charge in [-0.1, -0.05) is 0 Å². The average Bonchev–Trinajstić information content (AvgIpc) is 3.35. The Hall–Kier alpha value is -1.77. The van der Waals surface area contributed by atoms with E-state index in [1.54, 1.807) is 0 Å². The van der Waals surface area contributed by atoms with Gasteiger partial charge in [0.1, 0.15) is 153 Å². The van der Waals surface area contributed by atoms with Crippen LogP contribution in [0.3, 0.4) is 0 Å². The molecular weight excluding hydrogens is 994 g/mol. The smallest absolute Gasteiger partial charge is 0.217 e. The first kappa shape index (κ1) is 59.5. The summed E-state index contributed by atoms with van der Waals surface area (Å²) in [6, 6.07) is -1.67. The molecule has 1 amide bonds. The molecule has 0 aliphatic carbocycles. The first-order chi connectivity index (χ1) is 34.0. The molecule has 6 fully saturated rings. The summed E-state index contributed by atoms with van der Waals surface area (Å²) >= 11 is 0. The monoisotopic (exact) mass is 1060 g/mol. The summed E-state index contributed by atoms with van der Waals surface area (Å²) in [5.41, 5.74) is 0. The number of hydrogen-bond donors (Lipinski definition) is 21. The molecular formula is C39H67NO32. The molecule has 0 aromatic carbocycles. The third-order valence-electron chi connectivity index (χ3n) is 13.1. The molecule has 6 rings (SSSR count). The van der Waals surface area contributed by atoms with Crippen molar-refractivity contribution in [1.82, 2.24) is 5.32 Å². The van der Waals surface area contributed by atoms with Crippen LogP contribution >= 0.6 is 0 Å². The number of rotatable bonds is 18. The minimum absolute atomic E-state index is 0.801. The second kappa shape index (κ2) is 25.6. The third-order valence-corrected chi connectivity index (χ3v) is 13.1. The minimum atomic E-state index is -2.38. The van der Waals surface area contributed by atoms with Crippen LogP contribution in [-0.2, 0) is 56.9 Å². The molecule has 0 radical (unpaired) electrons. The van der Waals surface area contributed by atoms with Crippen molar-refractivity contribution >= 4 is 5.91 Å². The average molecular weight is 1060 g/mol. The zero-order valence-corrected chi connectivity index (χ0v) is 38.0. The van der Waals surface area contributed by atoms with E-state index in [-0.39, 0.29) is 0 Å². The fourth-order valence-corrected chi connectivity index (χ4v) is 8.99. The van der Waals surface area contributed by atoms with Gasteiger partial charge in [-0.3, -0.25) is 4.79 Å². The number of aliphatic hydroxyl groups excluding tert-OH is 20. The molecule has 420 valence electrons. The number of amides is 1. The quantitative estimate of drug-likeness (QED) is 0.0606. The minimum Gasteiger partial charge on any atom is -0.394 e. The highest BCUT2D eigenvalue weighted by Crippen LogP contribution is 2.37. The normalized spacial score (nSPS) is 50.8. The van der Waals surface area contributed by atoms with Crippen LogP contribution in [-0.4, -0.2) is 338 Å². The molecule has 33 heteroatoms. The van der Waals surface area contributed by atoms with Crippen molar-refractivity contribution in [3.8, 4) is 0 Å². The summed E-state index contributed by atoms with van der Waals surface area (Å²) in [5, 5.41) is 215. The molecule has 33 nitrogen and oxygen atoms in total. The van der Waals surface area contributed by atoms with E-state index in [9.17, 15) is 107 Å². The van der Waals surface area contributed by atoms with E-state index in [1.807, 2.05) is 0 Å². The predicted octanol–water partition coefficient (Wildman–Crippen LogP) is -14.6. The fraction of sp³-hybridized carbons (Fsp3) is 0.974. The molecule has 0 aromatic heterocycles. The van der Waals surface area contributed by atoms with Crippen molar-refractivity contribution < 1.29 is 159 Å². The van der Waals surface area contributed by atoms with Gasteiger partial charge in [0.15, 0.2) is 37.7 Å². The standard InChI is InChI=1S/C39H67NO32/c1-8(46)40-15-21(53)16(48)10(3-42)63-35(15)71-32-23(55)18(50)13(6-45)66-39(32)72-33-24(56)19(51)12(5-44)65-38(33)70-30-20(52)14(7-62-36-25(57)22(54)17(49)11(4-43)64-36)67-37(28(30)60)69-31-26(58)29(9(47)2-41)68-34(61)27(31)59/h9-39,41-45,47-61H,2-7H2,1H3,(H,40,46)/t9-,10-,11-,12-,13-,14-,15-,16-,17+,18-,19-,20-,21-,22+,23+,24+,25-,26-,27+,28-,29-,30+,31+,32-,33-,34+,35-,36+,37-,38-,39-/m1/s1. The third kappa shape index (κ3) is 12.5. The number of hydrogen-bond acceptors (Lipinski definition) is 32. The van der Waals surface area contributed by atoms with Gasteiger partial charge in [-0.15, -0.1) is 0 Å². The Morgan fingerprint density at radius 2 is 0.847 bits per heavy atom. The van der Waals surface area contributed by atoms with Gasteiger partial charge in [-0.2, -0.15) is 0 Å². The number of carbonyl (C=O) groups is 1. The zero-order chi connectivity index (χ0) is 53.2. The summed E-state index contributed by atoms with van der Waals surface area (Å²) < 4.78 is 62.4. The molecule has 0 aromatic rings. The molecule has 6 aliphatic rings. The molecule has 0 bridgehead atoms. The van der Waals surface area contributed by atoms with E-state index in [0.717, 1.165) is 6.92 Å². The summed E-state index contributed by atoms with van der Waals surface area (Å²) in [4.78, 5) is 12.2. The predicted molar refractivity (Wildman–Crippen MR) is 217 cm³/mol. The first-order valence-electron chi connectivity index (χ1n) is 22.7. The van der Waals surface area contributed by atoms with Crippen molar-refractivity contribution in [1.29, 1.82) is 0 Å². The van der Waals surface area contributed by atoms with E-state index < -0.39 is 236 Å². The summed E-state index contributed by atoms with van der Waals surface area (Å²) in [6.45, 7) is -4.90. The Morgan fingerprint density at radius 3 is 1.35 bits per heavy atom. The maximum Gasteiger partial charge on any atom is 0.217 e. The maximum absolute atomic E-state index is 12.2. The lowest BCUT2D eigenvalue weighted by atomic mass is 9.94. The van der Waals surface area contributed by atoms with Gasteiger partial charge in [0.25, 0.3) is 0 Å². The van der Waals surface area contributed by atoms with E-state index in [4.69, 9.17) is 52.1 Å². The molecule has 21 N–H and O–H groups in total. The lowest BCUT2D eigenvalue weighted by molar-refractivity contribution is -0.405. The van der Waals surface area contributed by atoms with Crippen LogP contribution in [0.15, 0.2) is 0 Å². The van der Waals surface area contributed by atoms with Crippen molar-refractivity contribution in [2.45, 2.75) is 197 Å². The number of carbonyl (C=O) groups excluding carboxylic acids is 1. The van der Waals surface area contributed by atoms with Crippen LogP contribution in [0.5, 0.6) is 0 Å². The largest absolute Gasteiger partial charge is 0.394 e. The number of ether oxygens (including phenoxy) is 11. The van der Waals surface area contributed by atoms with E-state index in [0.29, 0.717) is 0 Å². The Kier molecular flexibility index (Phi) is 21.1. The Bertz CT molecular complexity index is 1680. The highest BCUT2D eigenvalue weighted by atomic mass is 16.8. The van der Waals surface area contributed by atoms with Crippen molar-refractivity contribution in [3.05, 3.63) is 0 Å². The van der Waals surface area contributed by atoms with E-state index in [1.165, 1.54) is 0 Å². The van der Waals surface area contributed by atoms with Gasteiger partial charge in [-0.05, 0) is 0 Å². The van der Waals surface area contributed by atoms with Gasteiger partial charge in [0, 0.05) is 6.92 Å². The SMILES string of the molecule is CC(=O)N[C@H]1[C@@H](O[C@H]2[C@@H](O[C@H]3[C@@H](O[C@@H]4[C@@H](O)[C@@H](O[C@H]5[C@H](O)[C@@H]([C@H](O)CO)O[C@H](O)[C@H]5O)O[C@H](CO[C@H]5O[C@H](CO)[C@H](O)[C@H](O)[C@H]5O)[C@H]4O)O[C@H](CO)[C@@H](O)[C@@H]3O)O[C@H](CO)[C@@H](O)[C@@H]2O)O[C@H](CO)[C@@H](O)[C@@H]1O. The van der Waals surface area contributed by atoms with Gasteiger partial charge < -0.3 is 160 Å². The van der Waals surface area contributed by atoms with E-state index in [2.05, 4.69) is 5.32 Å². The topological polar surface area (TPSA) is 535 Å². The van der Waals surface area contributed by atoms with Crippen molar-refractivity contribution in [2.75, 3.05) is 39.6 Å². The van der Waals surface area contributed by atoms with E-state index >= 15 is 0 Å². The Labute approximate surface area is 406 Å². The van der Waals surface area contributed by atoms with Crippen molar-refractivity contribution in [2.24, 2.45) is 0 Å². The van der Waals surface area contributed by atoms with Crippen LogP contribution in [0.1, 0.15) is 6.92 Å². The Balaban J connectivity index is 1.33. The summed E-state index contributed by atoms with van der Waals surface area (Å²) in [7, 11) is 0. The second-order valence-corrected chi connectivity index (χ2v) is 18.0. The van der Waals surface area contributed by atoms with Gasteiger partial charge >= 0.3 is 0 Å². The lowest BCUT2D eigenvalue weighted by Crippen LogP contribution is -2.69. The molecule has 6 aliphatic heterocycles. The molecule has 6 saturated heterocycles. The van der Waals surface area contributed by atoms with Crippen LogP contribution in [0.25, 0.3) is 0 Å². The lowest BCUT2D eigenvalue weighted by Gasteiger charge is -2.50. The van der Waals surface area contributed by atoms with Crippen LogP contribution < -0.4 is 5.32 Å². The summed E-state index contributed by atoms with van der Waals surface area (Å²) in [6.07, 6.45) is -60.6. The highest BCUT2D eigenvalue weighted by Gasteiger charge is 2.58. The fourth-order valence-electron chi connectivity index (χ4n) is 8.99. The second-order valence-electron chi connectivity index (χ2n) is 18.0. The molecule has 0 unspecified atom stereocenters.